The molecule has 2 aromatic rings. The van der Waals surface area contributed by atoms with Crippen LogP contribution in [-0.2, 0) is 0 Å². The number of hydrogen-bond acceptors (Lipinski definition) is 2. The molecule has 17 heavy (non-hydrogen) atoms. The van der Waals surface area contributed by atoms with Gasteiger partial charge in [0.1, 0.15) is 5.84 Å². The number of aromatic amines is 1. The molecule has 86 valence electrons. The summed E-state index contributed by atoms with van der Waals surface area (Å²) >= 11 is 0. The molecule has 0 aliphatic carbocycles. The zero-order valence-corrected chi connectivity index (χ0v) is 9.45. The number of aryl methyl sites for hydroxylation is 1. The van der Waals surface area contributed by atoms with E-state index in [1.807, 2.05) is 31.2 Å². The second-order valence-corrected chi connectivity index (χ2v) is 3.89. The number of rotatable bonds is 2. The molecule has 1 heterocycles. The van der Waals surface area contributed by atoms with Crippen LogP contribution in [0.15, 0.2) is 41.2 Å². The van der Waals surface area contributed by atoms with Gasteiger partial charge in [0.15, 0.2) is 0 Å². The van der Waals surface area contributed by atoms with Crippen LogP contribution in [0.4, 0.5) is 0 Å². The Hall–Kier alpha value is -2.36. The first-order valence-electron chi connectivity index (χ1n) is 5.22. The van der Waals surface area contributed by atoms with Crippen molar-refractivity contribution in [2.45, 2.75) is 6.92 Å². The van der Waals surface area contributed by atoms with Crippen LogP contribution in [0.2, 0.25) is 0 Å². The average Bonchev–Trinajstić information content (AvgIpc) is 2.29. The summed E-state index contributed by atoms with van der Waals surface area (Å²) in [5.41, 5.74) is 7.96. The number of nitrogens with two attached hydrogens (primary N) is 1. The first kappa shape index (κ1) is 11.1. The standard InChI is InChI=1S/C13H13N3O/c1-8-2-4-9(5-3-8)11-7-6-10(12(14)15)13(17)16-11/h2-7H,1H3,(H3,14,15)(H,16,17). The zero-order chi connectivity index (χ0) is 12.4. The Morgan fingerprint density at radius 3 is 2.35 bits per heavy atom. The second-order valence-electron chi connectivity index (χ2n) is 3.89. The fourth-order valence-corrected chi connectivity index (χ4v) is 1.59. The maximum atomic E-state index is 11.6. The molecule has 4 N–H and O–H groups in total. The summed E-state index contributed by atoms with van der Waals surface area (Å²) < 4.78 is 0. The van der Waals surface area contributed by atoms with E-state index in [0.29, 0.717) is 0 Å². The number of nitrogen functional groups attached to an aromatic ring is 1. The molecule has 0 unspecified atom stereocenters. The van der Waals surface area contributed by atoms with Gasteiger partial charge < -0.3 is 10.7 Å². The summed E-state index contributed by atoms with van der Waals surface area (Å²) in [7, 11) is 0. The van der Waals surface area contributed by atoms with E-state index < -0.39 is 0 Å². The highest BCUT2D eigenvalue weighted by molar-refractivity contribution is 5.94. The predicted octanol–water partition coefficient (Wildman–Crippen LogP) is 1.63. The van der Waals surface area contributed by atoms with Gasteiger partial charge in [-0.05, 0) is 24.6 Å². The van der Waals surface area contributed by atoms with E-state index in [-0.39, 0.29) is 17.0 Å². The number of amidine groups is 1. The van der Waals surface area contributed by atoms with Crippen molar-refractivity contribution >= 4 is 5.84 Å². The highest BCUT2D eigenvalue weighted by Gasteiger charge is 2.04. The van der Waals surface area contributed by atoms with Crippen LogP contribution in [0.1, 0.15) is 11.1 Å². The van der Waals surface area contributed by atoms with Crippen LogP contribution in [0.5, 0.6) is 0 Å². The van der Waals surface area contributed by atoms with E-state index in [2.05, 4.69) is 4.98 Å². The van der Waals surface area contributed by atoms with Gasteiger partial charge in [0, 0.05) is 5.69 Å². The van der Waals surface area contributed by atoms with E-state index in [9.17, 15) is 4.79 Å². The van der Waals surface area contributed by atoms with Crippen molar-refractivity contribution < 1.29 is 0 Å². The molecular weight excluding hydrogens is 214 g/mol. The van der Waals surface area contributed by atoms with E-state index >= 15 is 0 Å². The minimum atomic E-state index is -0.337. The van der Waals surface area contributed by atoms with E-state index in [0.717, 1.165) is 16.8 Å². The molecular formula is C13H13N3O. The van der Waals surface area contributed by atoms with E-state index in [1.54, 1.807) is 12.1 Å². The van der Waals surface area contributed by atoms with Gasteiger partial charge in [0.2, 0.25) is 0 Å². The fourth-order valence-electron chi connectivity index (χ4n) is 1.59. The van der Waals surface area contributed by atoms with Gasteiger partial charge in [-0.3, -0.25) is 10.2 Å². The topological polar surface area (TPSA) is 82.7 Å². The molecule has 0 spiro atoms. The van der Waals surface area contributed by atoms with Crippen LogP contribution in [-0.4, -0.2) is 10.8 Å². The van der Waals surface area contributed by atoms with Gasteiger partial charge in [-0.2, -0.15) is 0 Å². The summed E-state index contributed by atoms with van der Waals surface area (Å²) in [6.07, 6.45) is 0. The van der Waals surface area contributed by atoms with Gasteiger partial charge in [-0.15, -0.1) is 0 Å². The molecule has 1 aromatic heterocycles. The van der Waals surface area contributed by atoms with Crippen molar-refractivity contribution in [2.75, 3.05) is 0 Å². The molecule has 0 fully saturated rings. The van der Waals surface area contributed by atoms with Crippen molar-refractivity contribution in [1.82, 2.24) is 4.98 Å². The number of H-pyrrole nitrogens is 1. The highest BCUT2D eigenvalue weighted by Crippen LogP contribution is 2.16. The Bertz CT molecular complexity index is 611. The van der Waals surface area contributed by atoms with E-state index in [1.165, 1.54) is 0 Å². The summed E-state index contributed by atoms with van der Waals surface area (Å²) in [4.78, 5) is 14.4. The van der Waals surface area contributed by atoms with Gasteiger partial charge in [0.25, 0.3) is 5.56 Å². The molecule has 1 aromatic carbocycles. The first-order valence-corrected chi connectivity index (χ1v) is 5.22. The maximum Gasteiger partial charge on any atom is 0.259 e. The lowest BCUT2D eigenvalue weighted by molar-refractivity contribution is 1.21. The molecule has 0 atom stereocenters. The molecule has 4 nitrogen and oxygen atoms in total. The average molecular weight is 227 g/mol. The van der Waals surface area contributed by atoms with E-state index in [4.69, 9.17) is 11.1 Å². The summed E-state index contributed by atoms with van der Waals surface area (Å²) in [6.45, 7) is 2.01. The van der Waals surface area contributed by atoms with Crippen molar-refractivity contribution in [3.8, 4) is 11.3 Å². The summed E-state index contributed by atoms with van der Waals surface area (Å²) in [6, 6.07) is 11.2. The molecule has 0 saturated carbocycles. The Morgan fingerprint density at radius 1 is 1.18 bits per heavy atom. The van der Waals surface area contributed by atoms with Crippen molar-refractivity contribution in [3.05, 3.63) is 57.9 Å². The third-order valence-corrected chi connectivity index (χ3v) is 2.56. The number of benzene rings is 1. The van der Waals surface area contributed by atoms with Crippen LogP contribution in [0.25, 0.3) is 11.3 Å². The minimum absolute atomic E-state index is 0.195. The van der Waals surface area contributed by atoms with Crippen LogP contribution in [0.3, 0.4) is 0 Å². The predicted molar refractivity (Wildman–Crippen MR) is 68.3 cm³/mol. The molecule has 0 amide bonds. The highest BCUT2D eigenvalue weighted by atomic mass is 16.1. The number of aromatic nitrogens is 1. The summed E-state index contributed by atoms with van der Waals surface area (Å²) in [5.74, 6) is -0.221. The number of hydrogen-bond donors (Lipinski definition) is 3. The van der Waals surface area contributed by atoms with Gasteiger partial charge in [-0.1, -0.05) is 29.8 Å². The van der Waals surface area contributed by atoms with Crippen molar-refractivity contribution in [3.63, 3.8) is 0 Å². The first-order chi connectivity index (χ1) is 8.08. The molecule has 0 bridgehead atoms. The molecule has 0 saturated heterocycles. The lowest BCUT2D eigenvalue weighted by Gasteiger charge is -2.03. The van der Waals surface area contributed by atoms with Crippen LogP contribution < -0.4 is 11.3 Å². The third-order valence-electron chi connectivity index (χ3n) is 2.56. The Morgan fingerprint density at radius 2 is 1.82 bits per heavy atom. The summed E-state index contributed by atoms with van der Waals surface area (Å²) in [5, 5.41) is 7.24. The van der Waals surface area contributed by atoms with Gasteiger partial charge in [-0.25, -0.2) is 0 Å². The molecule has 0 aliphatic heterocycles. The Kier molecular flexibility index (Phi) is 2.78. The molecule has 2 rings (SSSR count). The molecule has 0 aliphatic rings. The maximum absolute atomic E-state index is 11.6. The SMILES string of the molecule is Cc1ccc(-c2ccc(C(=N)N)c(=O)[nH]2)cc1. The number of pyridine rings is 1. The monoisotopic (exact) mass is 227 g/mol. The third kappa shape index (κ3) is 2.25. The molecule has 4 heteroatoms. The second kappa shape index (κ2) is 4.25. The van der Waals surface area contributed by atoms with Crippen LogP contribution in [0, 0.1) is 12.3 Å². The number of nitrogens with one attached hydrogen (secondary N) is 2. The minimum Gasteiger partial charge on any atom is -0.384 e. The quantitative estimate of drug-likeness (QED) is 0.538. The van der Waals surface area contributed by atoms with Gasteiger partial charge >= 0.3 is 0 Å². The normalized spacial score (nSPS) is 10.2. The molecule has 0 radical (unpaired) electrons. The lowest BCUT2D eigenvalue weighted by Crippen LogP contribution is -2.23. The fraction of sp³-hybridized carbons (Fsp3) is 0.0769. The largest absolute Gasteiger partial charge is 0.384 e. The zero-order valence-electron chi connectivity index (χ0n) is 9.45. The lowest BCUT2D eigenvalue weighted by atomic mass is 10.1. The Balaban J connectivity index is 2.48. The van der Waals surface area contributed by atoms with Crippen molar-refractivity contribution in [1.29, 1.82) is 5.41 Å². The Labute approximate surface area is 98.6 Å². The van der Waals surface area contributed by atoms with Gasteiger partial charge in [0.05, 0.1) is 5.56 Å². The van der Waals surface area contributed by atoms with Crippen molar-refractivity contribution in [2.24, 2.45) is 5.73 Å². The smallest absolute Gasteiger partial charge is 0.259 e. The van der Waals surface area contributed by atoms with Crippen LogP contribution >= 0.6 is 0 Å².